The molecule has 0 radical (unpaired) electrons. The van der Waals surface area contributed by atoms with Crippen LogP contribution in [-0.4, -0.2) is 68.7 Å². The van der Waals surface area contributed by atoms with Crippen molar-refractivity contribution in [3.8, 4) is 11.5 Å². The van der Waals surface area contributed by atoms with Gasteiger partial charge in [0.2, 0.25) is 5.91 Å². The summed E-state index contributed by atoms with van der Waals surface area (Å²) in [6, 6.07) is 5.19. The molecule has 0 N–H and O–H groups in total. The standard InChI is InChI=1S/C17H25N3O4/c1-5-18(6-2)16(21)12-19-9-10-20(17(19)22)13-7-8-14(23-3)15(11-13)24-4/h7-8,11H,5-6,9-10,12H2,1-4H3. The van der Waals surface area contributed by atoms with Crippen LogP contribution in [0.15, 0.2) is 18.2 Å². The minimum absolute atomic E-state index is 0.0255. The Morgan fingerprint density at radius 3 is 2.38 bits per heavy atom. The van der Waals surface area contributed by atoms with Crippen molar-refractivity contribution in [1.29, 1.82) is 0 Å². The van der Waals surface area contributed by atoms with Crippen LogP contribution in [0.4, 0.5) is 10.5 Å². The van der Waals surface area contributed by atoms with E-state index in [9.17, 15) is 9.59 Å². The number of nitrogens with zero attached hydrogens (tertiary/aromatic N) is 3. The van der Waals surface area contributed by atoms with Gasteiger partial charge < -0.3 is 19.3 Å². The number of hydrogen-bond acceptors (Lipinski definition) is 4. The first-order valence-electron chi connectivity index (χ1n) is 8.11. The lowest BCUT2D eigenvalue weighted by Crippen LogP contribution is -2.42. The van der Waals surface area contributed by atoms with Crippen LogP contribution in [0.1, 0.15) is 13.8 Å². The maximum Gasteiger partial charge on any atom is 0.325 e. The van der Waals surface area contributed by atoms with E-state index in [0.29, 0.717) is 37.7 Å². The third-order valence-corrected chi connectivity index (χ3v) is 4.22. The van der Waals surface area contributed by atoms with E-state index in [2.05, 4.69) is 0 Å². The third kappa shape index (κ3) is 3.55. The fourth-order valence-corrected chi connectivity index (χ4v) is 2.80. The second kappa shape index (κ2) is 7.90. The minimum Gasteiger partial charge on any atom is -0.493 e. The van der Waals surface area contributed by atoms with Gasteiger partial charge in [0.05, 0.1) is 14.2 Å². The second-order valence-electron chi connectivity index (χ2n) is 5.46. The Kier molecular flexibility index (Phi) is 5.89. The Bertz CT molecular complexity index is 601. The Morgan fingerprint density at radius 2 is 1.79 bits per heavy atom. The lowest BCUT2D eigenvalue weighted by Gasteiger charge is -2.23. The van der Waals surface area contributed by atoms with Crippen LogP contribution >= 0.6 is 0 Å². The van der Waals surface area contributed by atoms with Crippen LogP contribution in [0.5, 0.6) is 11.5 Å². The molecule has 1 aliphatic heterocycles. The van der Waals surface area contributed by atoms with E-state index in [0.717, 1.165) is 5.69 Å². The van der Waals surface area contributed by atoms with Crippen molar-refractivity contribution >= 4 is 17.6 Å². The summed E-state index contributed by atoms with van der Waals surface area (Å²) in [5.41, 5.74) is 0.732. The average Bonchev–Trinajstić information content (AvgIpc) is 2.96. The van der Waals surface area contributed by atoms with Crippen molar-refractivity contribution in [1.82, 2.24) is 9.80 Å². The van der Waals surface area contributed by atoms with E-state index in [1.807, 2.05) is 19.9 Å². The molecule has 1 heterocycles. The van der Waals surface area contributed by atoms with E-state index >= 15 is 0 Å². The van der Waals surface area contributed by atoms with Crippen molar-refractivity contribution in [3.05, 3.63) is 18.2 Å². The van der Waals surface area contributed by atoms with Gasteiger partial charge in [-0.3, -0.25) is 9.69 Å². The average molecular weight is 335 g/mol. The summed E-state index contributed by atoms with van der Waals surface area (Å²) < 4.78 is 10.5. The molecule has 0 aliphatic carbocycles. The molecule has 1 aliphatic rings. The number of urea groups is 1. The second-order valence-corrected chi connectivity index (χ2v) is 5.46. The normalized spacial score (nSPS) is 14.1. The lowest BCUT2D eigenvalue weighted by atomic mass is 10.2. The topological polar surface area (TPSA) is 62.3 Å². The summed E-state index contributed by atoms with van der Waals surface area (Å²) in [5.74, 6) is 1.16. The molecule has 1 saturated heterocycles. The van der Waals surface area contributed by atoms with Gasteiger partial charge in [0, 0.05) is 37.9 Å². The molecule has 0 bridgehead atoms. The first kappa shape index (κ1) is 17.9. The highest BCUT2D eigenvalue weighted by atomic mass is 16.5. The molecule has 0 atom stereocenters. The van der Waals surface area contributed by atoms with Gasteiger partial charge in [0.15, 0.2) is 11.5 Å². The summed E-state index contributed by atoms with van der Waals surface area (Å²) in [5, 5.41) is 0. The van der Waals surface area contributed by atoms with Crippen molar-refractivity contribution in [2.24, 2.45) is 0 Å². The smallest absolute Gasteiger partial charge is 0.325 e. The minimum atomic E-state index is -0.164. The molecular formula is C17H25N3O4. The molecule has 0 saturated carbocycles. The number of likely N-dealkylation sites (N-methyl/N-ethyl adjacent to an activating group) is 1. The van der Waals surface area contributed by atoms with Crippen LogP contribution < -0.4 is 14.4 Å². The predicted octanol–water partition coefficient (Wildman–Crippen LogP) is 1.81. The van der Waals surface area contributed by atoms with Crippen LogP contribution in [0, 0.1) is 0 Å². The molecule has 0 unspecified atom stereocenters. The Hall–Kier alpha value is -2.44. The quantitative estimate of drug-likeness (QED) is 0.762. The zero-order chi connectivity index (χ0) is 17.7. The van der Waals surface area contributed by atoms with E-state index in [1.54, 1.807) is 41.1 Å². The molecule has 7 heteroatoms. The van der Waals surface area contributed by atoms with Gasteiger partial charge in [-0.05, 0) is 26.0 Å². The largest absolute Gasteiger partial charge is 0.493 e. The fraction of sp³-hybridized carbons (Fsp3) is 0.529. The van der Waals surface area contributed by atoms with E-state index in [1.165, 1.54) is 0 Å². The Labute approximate surface area is 142 Å². The molecule has 1 aromatic carbocycles. The van der Waals surface area contributed by atoms with Crippen LogP contribution in [0.2, 0.25) is 0 Å². The summed E-state index contributed by atoms with van der Waals surface area (Å²) in [6.45, 7) is 6.35. The van der Waals surface area contributed by atoms with Gasteiger partial charge in [-0.1, -0.05) is 0 Å². The molecule has 7 nitrogen and oxygen atoms in total. The molecule has 2 rings (SSSR count). The summed E-state index contributed by atoms with van der Waals surface area (Å²) in [4.78, 5) is 29.8. The highest BCUT2D eigenvalue weighted by Crippen LogP contribution is 2.32. The Morgan fingerprint density at radius 1 is 1.12 bits per heavy atom. The van der Waals surface area contributed by atoms with Gasteiger partial charge in [-0.15, -0.1) is 0 Å². The number of anilines is 1. The van der Waals surface area contributed by atoms with Crippen molar-refractivity contribution in [2.75, 3.05) is 51.8 Å². The Balaban J connectivity index is 2.10. The molecular weight excluding hydrogens is 310 g/mol. The first-order chi connectivity index (χ1) is 11.5. The summed E-state index contributed by atoms with van der Waals surface area (Å²) in [7, 11) is 3.13. The molecule has 24 heavy (non-hydrogen) atoms. The van der Waals surface area contributed by atoms with Crippen molar-refractivity contribution < 1.29 is 19.1 Å². The number of hydrogen-bond donors (Lipinski definition) is 0. The monoisotopic (exact) mass is 335 g/mol. The van der Waals surface area contributed by atoms with Crippen molar-refractivity contribution in [3.63, 3.8) is 0 Å². The molecule has 0 spiro atoms. The summed E-state index contributed by atoms with van der Waals surface area (Å²) >= 11 is 0. The number of ether oxygens (including phenoxy) is 2. The van der Waals surface area contributed by atoms with E-state index < -0.39 is 0 Å². The maximum atomic E-state index is 12.6. The number of amides is 3. The molecule has 1 fully saturated rings. The fourth-order valence-electron chi connectivity index (χ4n) is 2.80. The van der Waals surface area contributed by atoms with E-state index in [4.69, 9.17) is 9.47 Å². The third-order valence-electron chi connectivity index (χ3n) is 4.22. The number of benzene rings is 1. The molecule has 132 valence electrons. The van der Waals surface area contributed by atoms with E-state index in [-0.39, 0.29) is 18.5 Å². The van der Waals surface area contributed by atoms with Gasteiger partial charge in [-0.25, -0.2) is 4.79 Å². The predicted molar refractivity (Wildman–Crippen MR) is 91.8 cm³/mol. The number of carbonyl (C=O) groups excluding carboxylic acids is 2. The van der Waals surface area contributed by atoms with Gasteiger partial charge in [0.25, 0.3) is 0 Å². The number of methoxy groups -OCH3 is 2. The number of carbonyl (C=O) groups is 2. The zero-order valence-electron chi connectivity index (χ0n) is 14.7. The van der Waals surface area contributed by atoms with Crippen LogP contribution in [0.3, 0.4) is 0 Å². The molecule has 3 amide bonds. The highest BCUT2D eigenvalue weighted by molar-refractivity contribution is 5.96. The highest BCUT2D eigenvalue weighted by Gasteiger charge is 2.32. The first-order valence-corrected chi connectivity index (χ1v) is 8.11. The van der Waals surface area contributed by atoms with Crippen LogP contribution in [-0.2, 0) is 4.79 Å². The van der Waals surface area contributed by atoms with Crippen LogP contribution in [0.25, 0.3) is 0 Å². The summed E-state index contributed by atoms with van der Waals surface area (Å²) in [6.07, 6.45) is 0. The zero-order valence-corrected chi connectivity index (χ0v) is 14.7. The van der Waals surface area contributed by atoms with Gasteiger partial charge >= 0.3 is 6.03 Å². The molecule has 0 aromatic heterocycles. The SMILES string of the molecule is CCN(CC)C(=O)CN1CCN(c2ccc(OC)c(OC)c2)C1=O. The number of rotatable bonds is 7. The lowest BCUT2D eigenvalue weighted by molar-refractivity contribution is -0.131. The van der Waals surface area contributed by atoms with Gasteiger partial charge in [0.1, 0.15) is 6.54 Å². The van der Waals surface area contributed by atoms with Crippen molar-refractivity contribution in [2.45, 2.75) is 13.8 Å². The molecule has 1 aromatic rings. The maximum absolute atomic E-state index is 12.6. The van der Waals surface area contributed by atoms with Gasteiger partial charge in [-0.2, -0.15) is 0 Å².